The molecule has 0 aliphatic heterocycles. The first-order valence-electron chi connectivity index (χ1n) is 6.41. The maximum absolute atomic E-state index is 12.1. The van der Waals surface area contributed by atoms with Crippen molar-refractivity contribution in [3.8, 4) is 11.8 Å². The Kier molecular flexibility index (Phi) is 3.10. The summed E-state index contributed by atoms with van der Waals surface area (Å²) in [4.78, 5) is 12.1. The van der Waals surface area contributed by atoms with Crippen molar-refractivity contribution >= 4 is 10.8 Å². The number of fused-ring (bicyclic) bond motifs is 1. The summed E-state index contributed by atoms with van der Waals surface area (Å²) in [5.74, 6) is 6.30. The molecule has 0 unspecified atom stereocenters. The van der Waals surface area contributed by atoms with Gasteiger partial charge >= 0.3 is 0 Å². The molecule has 0 aliphatic rings. The van der Waals surface area contributed by atoms with E-state index in [2.05, 4.69) is 11.8 Å². The van der Waals surface area contributed by atoms with Gasteiger partial charge in [0.25, 0.3) is 5.56 Å². The monoisotopic (exact) mass is 259 g/mol. The number of aryl methyl sites for hydroxylation is 1. The minimum atomic E-state index is 0.00543. The molecule has 2 nitrogen and oxygen atoms in total. The van der Waals surface area contributed by atoms with Gasteiger partial charge in [-0.2, -0.15) is 0 Å². The first kappa shape index (κ1) is 12.3. The van der Waals surface area contributed by atoms with Gasteiger partial charge in [0.05, 0.1) is 0 Å². The van der Waals surface area contributed by atoms with Crippen LogP contribution in [0, 0.1) is 11.8 Å². The molecule has 3 aromatic rings. The number of pyridine rings is 1. The lowest BCUT2D eigenvalue weighted by Gasteiger charge is -2.04. The topological polar surface area (TPSA) is 22.0 Å². The highest BCUT2D eigenvalue weighted by atomic mass is 16.1. The lowest BCUT2D eigenvalue weighted by Crippen LogP contribution is -2.16. The van der Waals surface area contributed by atoms with E-state index < -0.39 is 0 Å². The molecule has 0 spiro atoms. The molecule has 0 atom stereocenters. The molecule has 0 bridgehead atoms. The third kappa shape index (κ3) is 2.22. The van der Waals surface area contributed by atoms with Gasteiger partial charge in [-0.1, -0.05) is 48.2 Å². The van der Waals surface area contributed by atoms with Crippen molar-refractivity contribution in [1.82, 2.24) is 4.57 Å². The van der Waals surface area contributed by atoms with Crippen LogP contribution in [-0.4, -0.2) is 4.57 Å². The third-order valence-electron chi connectivity index (χ3n) is 3.21. The molecule has 1 heterocycles. The molecule has 2 heteroatoms. The van der Waals surface area contributed by atoms with Gasteiger partial charge in [-0.05, 0) is 18.2 Å². The van der Waals surface area contributed by atoms with Crippen LogP contribution in [0.5, 0.6) is 0 Å². The maximum Gasteiger partial charge on any atom is 0.258 e. The van der Waals surface area contributed by atoms with E-state index in [0.717, 1.165) is 16.5 Å². The zero-order valence-electron chi connectivity index (χ0n) is 11.1. The van der Waals surface area contributed by atoms with E-state index in [0.29, 0.717) is 5.39 Å². The first-order chi connectivity index (χ1) is 9.75. The molecular formula is C18H13NO. The number of nitrogens with zero attached hydrogens (tertiary/aromatic N) is 1. The van der Waals surface area contributed by atoms with Crippen molar-refractivity contribution in [2.75, 3.05) is 0 Å². The Morgan fingerprint density at radius 3 is 2.25 bits per heavy atom. The Labute approximate surface area is 117 Å². The van der Waals surface area contributed by atoms with Crippen LogP contribution in [-0.2, 0) is 7.05 Å². The summed E-state index contributed by atoms with van der Waals surface area (Å²) < 4.78 is 1.58. The molecule has 2 aromatic carbocycles. The van der Waals surface area contributed by atoms with Crippen molar-refractivity contribution < 1.29 is 0 Å². The van der Waals surface area contributed by atoms with Crippen LogP contribution >= 0.6 is 0 Å². The second-order valence-corrected chi connectivity index (χ2v) is 4.62. The van der Waals surface area contributed by atoms with Crippen molar-refractivity contribution in [2.24, 2.45) is 7.05 Å². The molecule has 0 saturated heterocycles. The fraction of sp³-hybridized carbons (Fsp3) is 0.0556. The third-order valence-corrected chi connectivity index (χ3v) is 3.21. The summed E-state index contributed by atoms with van der Waals surface area (Å²) in [5.41, 5.74) is 1.84. The molecule has 0 aliphatic carbocycles. The summed E-state index contributed by atoms with van der Waals surface area (Å²) in [6, 6.07) is 17.4. The van der Waals surface area contributed by atoms with Gasteiger partial charge in [-0.15, -0.1) is 0 Å². The molecule has 0 saturated carbocycles. The molecule has 20 heavy (non-hydrogen) atoms. The van der Waals surface area contributed by atoms with Crippen molar-refractivity contribution in [1.29, 1.82) is 0 Å². The smallest absolute Gasteiger partial charge is 0.258 e. The standard InChI is InChI=1S/C18H13NO/c1-19-13-15(12-11-14-7-3-2-4-8-14)16-9-5-6-10-17(16)18(19)20/h2-10,13H,1H3. The van der Waals surface area contributed by atoms with Gasteiger partial charge in [-0.25, -0.2) is 0 Å². The average molecular weight is 259 g/mol. The van der Waals surface area contributed by atoms with Crippen LogP contribution in [0.25, 0.3) is 10.8 Å². The fourth-order valence-corrected chi connectivity index (χ4v) is 2.18. The molecule has 0 N–H and O–H groups in total. The number of hydrogen-bond acceptors (Lipinski definition) is 1. The van der Waals surface area contributed by atoms with E-state index in [9.17, 15) is 4.79 Å². The number of rotatable bonds is 0. The van der Waals surface area contributed by atoms with E-state index in [1.165, 1.54) is 0 Å². The zero-order valence-corrected chi connectivity index (χ0v) is 11.1. The molecular weight excluding hydrogens is 246 g/mol. The highest BCUT2D eigenvalue weighted by Gasteiger charge is 2.04. The van der Waals surface area contributed by atoms with Gasteiger partial charge in [0.2, 0.25) is 0 Å². The van der Waals surface area contributed by atoms with Gasteiger partial charge in [0.15, 0.2) is 0 Å². The lowest BCUT2D eigenvalue weighted by molar-refractivity contribution is 0.871. The summed E-state index contributed by atoms with van der Waals surface area (Å²) in [6.45, 7) is 0. The highest BCUT2D eigenvalue weighted by molar-refractivity contribution is 5.87. The van der Waals surface area contributed by atoms with Gasteiger partial charge < -0.3 is 4.57 Å². The van der Waals surface area contributed by atoms with Crippen LogP contribution < -0.4 is 5.56 Å². The van der Waals surface area contributed by atoms with Crippen LogP contribution in [0.1, 0.15) is 11.1 Å². The Bertz CT molecular complexity index is 880. The number of hydrogen-bond donors (Lipinski definition) is 0. The van der Waals surface area contributed by atoms with Crippen molar-refractivity contribution in [3.05, 3.63) is 82.3 Å². The van der Waals surface area contributed by atoms with Gasteiger partial charge in [-0.3, -0.25) is 4.79 Å². The number of benzene rings is 2. The van der Waals surface area contributed by atoms with E-state index in [1.807, 2.05) is 54.6 Å². The second-order valence-electron chi connectivity index (χ2n) is 4.62. The van der Waals surface area contributed by atoms with Gasteiger partial charge in [0, 0.05) is 35.1 Å². The maximum atomic E-state index is 12.1. The lowest BCUT2D eigenvalue weighted by atomic mass is 10.1. The normalized spacial score (nSPS) is 10.1. The Morgan fingerprint density at radius 1 is 0.850 bits per heavy atom. The Morgan fingerprint density at radius 2 is 1.50 bits per heavy atom. The number of aromatic nitrogens is 1. The van der Waals surface area contributed by atoms with E-state index in [1.54, 1.807) is 17.8 Å². The minimum Gasteiger partial charge on any atom is -0.317 e. The van der Waals surface area contributed by atoms with Crippen molar-refractivity contribution in [2.45, 2.75) is 0 Å². The SMILES string of the molecule is Cn1cc(C#Cc2ccccc2)c2ccccc2c1=O. The highest BCUT2D eigenvalue weighted by Crippen LogP contribution is 2.14. The predicted molar refractivity (Wildman–Crippen MR) is 81.6 cm³/mol. The minimum absolute atomic E-state index is 0.00543. The first-order valence-corrected chi connectivity index (χ1v) is 6.41. The molecule has 1 aromatic heterocycles. The van der Waals surface area contributed by atoms with Crippen LogP contribution in [0.3, 0.4) is 0 Å². The fourth-order valence-electron chi connectivity index (χ4n) is 2.18. The summed E-state index contributed by atoms with van der Waals surface area (Å²) in [5, 5.41) is 1.61. The van der Waals surface area contributed by atoms with E-state index in [4.69, 9.17) is 0 Å². The van der Waals surface area contributed by atoms with Crippen LogP contribution in [0.15, 0.2) is 65.6 Å². The summed E-state index contributed by atoms with van der Waals surface area (Å²) >= 11 is 0. The predicted octanol–water partition coefficient (Wildman–Crippen LogP) is 2.94. The second kappa shape index (κ2) is 5.07. The molecule has 3 rings (SSSR count). The van der Waals surface area contributed by atoms with E-state index in [-0.39, 0.29) is 5.56 Å². The largest absolute Gasteiger partial charge is 0.317 e. The average Bonchev–Trinajstić information content (AvgIpc) is 2.50. The molecule has 96 valence electrons. The van der Waals surface area contributed by atoms with Crippen LogP contribution in [0.4, 0.5) is 0 Å². The van der Waals surface area contributed by atoms with Gasteiger partial charge in [0.1, 0.15) is 0 Å². The Balaban J connectivity index is 2.21. The quantitative estimate of drug-likeness (QED) is 0.569. The van der Waals surface area contributed by atoms with Crippen molar-refractivity contribution in [3.63, 3.8) is 0 Å². The molecule has 0 fully saturated rings. The summed E-state index contributed by atoms with van der Waals surface area (Å²) in [7, 11) is 1.75. The zero-order chi connectivity index (χ0) is 13.9. The van der Waals surface area contributed by atoms with E-state index >= 15 is 0 Å². The Hall–Kier alpha value is -2.79. The molecule has 0 radical (unpaired) electrons. The summed E-state index contributed by atoms with van der Waals surface area (Å²) in [6.07, 6.45) is 1.79. The molecule has 0 amide bonds. The van der Waals surface area contributed by atoms with Crippen LogP contribution in [0.2, 0.25) is 0 Å².